The first-order chi connectivity index (χ1) is 12.8. The minimum absolute atomic E-state index is 0.0335. The highest BCUT2D eigenvalue weighted by Crippen LogP contribution is 2.28. The Morgan fingerprint density at radius 3 is 2.63 bits per heavy atom. The standard InChI is InChI=1S/C20H21FN2O4/c1-4-5-13-6-7-17(18(8-13)26-3)27-11-19(24)23-16-10-14(20(22)25)9-15(21)12(16)2/h4,6-10H,1,5,11H2,2-3H3,(H2,22,25)(H,23,24). The van der Waals surface area contributed by atoms with Gasteiger partial charge in [0.25, 0.3) is 5.91 Å². The molecular formula is C20H21FN2O4. The summed E-state index contributed by atoms with van der Waals surface area (Å²) in [5.41, 5.74) is 6.48. The summed E-state index contributed by atoms with van der Waals surface area (Å²) in [5.74, 6) is -1.06. The van der Waals surface area contributed by atoms with Gasteiger partial charge in [0, 0.05) is 16.8 Å². The van der Waals surface area contributed by atoms with E-state index in [2.05, 4.69) is 11.9 Å². The second kappa shape index (κ2) is 8.84. The number of halogens is 1. The molecule has 0 aliphatic heterocycles. The first kappa shape index (κ1) is 20.0. The lowest BCUT2D eigenvalue weighted by atomic mass is 10.1. The molecule has 0 atom stereocenters. The van der Waals surface area contributed by atoms with Crippen molar-refractivity contribution in [2.75, 3.05) is 19.0 Å². The third-order valence-corrected chi connectivity index (χ3v) is 3.87. The van der Waals surface area contributed by atoms with Crippen LogP contribution in [0, 0.1) is 12.7 Å². The monoisotopic (exact) mass is 372 g/mol. The SMILES string of the molecule is C=CCc1ccc(OCC(=O)Nc2cc(C(N)=O)cc(F)c2C)c(OC)c1. The number of hydrogen-bond acceptors (Lipinski definition) is 4. The third kappa shape index (κ3) is 5.07. The average molecular weight is 372 g/mol. The molecule has 2 rings (SSSR count). The summed E-state index contributed by atoms with van der Waals surface area (Å²) in [4.78, 5) is 23.4. The Labute approximate surface area is 156 Å². The highest BCUT2D eigenvalue weighted by atomic mass is 19.1. The molecule has 0 heterocycles. The van der Waals surface area contributed by atoms with Crippen molar-refractivity contribution in [3.8, 4) is 11.5 Å². The lowest BCUT2D eigenvalue weighted by molar-refractivity contribution is -0.118. The zero-order chi connectivity index (χ0) is 20.0. The molecule has 0 saturated heterocycles. The molecular weight excluding hydrogens is 351 g/mol. The Morgan fingerprint density at radius 1 is 1.26 bits per heavy atom. The van der Waals surface area contributed by atoms with E-state index in [0.29, 0.717) is 17.9 Å². The number of amides is 2. The fourth-order valence-corrected chi connectivity index (χ4v) is 2.41. The summed E-state index contributed by atoms with van der Waals surface area (Å²) in [6, 6.07) is 7.68. The maximum atomic E-state index is 13.9. The summed E-state index contributed by atoms with van der Waals surface area (Å²) in [6.45, 7) is 4.85. The molecule has 0 unspecified atom stereocenters. The molecule has 0 spiro atoms. The Hall–Kier alpha value is -3.35. The molecule has 0 aromatic heterocycles. The lowest BCUT2D eigenvalue weighted by Gasteiger charge is -2.13. The predicted molar refractivity (Wildman–Crippen MR) is 101 cm³/mol. The largest absolute Gasteiger partial charge is 0.493 e. The van der Waals surface area contributed by atoms with E-state index in [1.165, 1.54) is 20.1 Å². The maximum Gasteiger partial charge on any atom is 0.262 e. The van der Waals surface area contributed by atoms with Crippen molar-refractivity contribution >= 4 is 17.5 Å². The van der Waals surface area contributed by atoms with Crippen molar-refractivity contribution in [3.63, 3.8) is 0 Å². The number of anilines is 1. The van der Waals surface area contributed by atoms with E-state index in [1.54, 1.807) is 18.2 Å². The molecule has 0 aliphatic carbocycles. The van der Waals surface area contributed by atoms with Crippen molar-refractivity contribution in [3.05, 3.63) is 65.5 Å². The molecule has 3 N–H and O–H groups in total. The molecule has 27 heavy (non-hydrogen) atoms. The van der Waals surface area contributed by atoms with E-state index in [0.717, 1.165) is 11.6 Å². The third-order valence-electron chi connectivity index (χ3n) is 3.87. The fourth-order valence-electron chi connectivity index (χ4n) is 2.41. The number of hydrogen-bond donors (Lipinski definition) is 2. The molecule has 2 aromatic rings. The molecule has 142 valence electrons. The van der Waals surface area contributed by atoms with Crippen molar-refractivity contribution in [1.29, 1.82) is 0 Å². The minimum Gasteiger partial charge on any atom is -0.493 e. The quantitative estimate of drug-likeness (QED) is 0.697. The van der Waals surface area contributed by atoms with Gasteiger partial charge in [-0.05, 0) is 43.2 Å². The van der Waals surface area contributed by atoms with Crippen LogP contribution in [0.15, 0.2) is 43.0 Å². The van der Waals surface area contributed by atoms with Crippen LogP contribution in [0.3, 0.4) is 0 Å². The Balaban J connectivity index is 2.09. The number of methoxy groups -OCH3 is 1. The van der Waals surface area contributed by atoms with E-state index in [1.807, 2.05) is 6.07 Å². The van der Waals surface area contributed by atoms with Crippen LogP contribution in [0.5, 0.6) is 11.5 Å². The molecule has 0 aliphatic rings. The highest BCUT2D eigenvalue weighted by Gasteiger charge is 2.14. The zero-order valence-corrected chi connectivity index (χ0v) is 15.2. The van der Waals surface area contributed by atoms with Gasteiger partial charge in [-0.3, -0.25) is 9.59 Å². The van der Waals surface area contributed by atoms with Crippen LogP contribution in [0.4, 0.5) is 10.1 Å². The molecule has 7 heteroatoms. The van der Waals surface area contributed by atoms with Crippen LogP contribution in [-0.2, 0) is 11.2 Å². The van der Waals surface area contributed by atoms with Crippen LogP contribution in [0.1, 0.15) is 21.5 Å². The number of primary amides is 1. The molecule has 0 radical (unpaired) electrons. The van der Waals surface area contributed by atoms with Gasteiger partial charge in [0.2, 0.25) is 5.91 Å². The van der Waals surface area contributed by atoms with Crippen LogP contribution in [0.2, 0.25) is 0 Å². The van der Waals surface area contributed by atoms with Crippen molar-refractivity contribution < 1.29 is 23.5 Å². The molecule has 2 amide bonds. The lowest BCUT2D eigenvalue weighted by Crippen LogP contribution is -2.22. The van der Waals surface area contributed by atoms with Crippen molar-refractivity contribution in [1.82, 2.24) is 0 Å². The molecule has 2 aromatic carbocycles. The first-order valence-electron chi connectivity index (χ1n) is 8.16. The second-order valence-electron chi connectivity index (χ2n) is 5.81. The van der Waals surface area contributed by atoms with Gasteiger partial charge in [0.05, 0.1) is 7.11 Å². The summed E-state index contributed by atoms with van der Waals surface area (Å²) >= 11 is 0. The van der Waals surface area contributed by atoms with Gasteiger partial charge >= 0.3 is 0 Å². The van der Waals surface area contributed by atoms with Crippen molar-refractivity contribution in [2.24, 2.45) is 5.73 Å². The summed E-state index contributed by atoms with van der Waals surface area (Å²) < 4.78 is 24.6. The number of rotatable bonds is 8. The number of carbonyl (C=O) groups excluding carboxylic acids is 2. The molecule has 0 fully saturated rings. The fraction of sp³-hybridized carbons (Fsp3) is 0.200. The normalized spacial score (nSPS) is 10.2. The van der Waals surface area contributed by atoms with Gasteiger partial charge < -0.3 is 20.5 Å². The topological polar surface area (TPSA) is 90.6 Å². The van der Waals surface area contributed by atoms with Crippen molar-refractivity contribution in [2.45, 2.75) is 13.3 Å². The maximum absolute atomic E-state index is 13.9. The van der Waals surface area contributed by atoms with Gasteiger partial charge in [0.1, 0.15) is 5.82 Å². The Morgan fingerprint density at radius 2 is 2.00 bits per heavy atom. The highest BCUT2D eigenvalue weighted by molar-refractivity contribution is 5.97. The van der Waals surface area contributed by atoms with Gasteiger partial charge in [-0.15, -0.1) is 6.58 Å². The number of nitrogens with one attached hydrogen (secondary N) is 1. The van der Waals surface area contributed by atoms with Gasteiger partial charge in [-0.2, -0.15) is 0 Å². The van der Waals surface area contributed by atoms with Crippen LogP contribution in [-0.4, -0.2) is 25.5 Å². The smallest absolute Gasteiger partial charge is 0.262 e. The van der Waals surface area contributed by atoms with E-state index >= 15 is 0 Å². The Bertz CT molecular complexity index is 881. The number of carbonyl (C=O) groups is 2. The van der Waals surface area contributed by atoms with Crippen LogP contribution < -0.4 is 20.5 Å². The summed E-state index contributed by atoms with van der Waals surface area (Å²) in [6.07, 6.45) is 2.45. The van der Waals surface area contributed by atoms with Gasteiger partial charge in [-0.1, -0.05) is 12.1 Å². The summed E-state index contributed by atoms with van der Waals surface area (Å²) in [7, 11) is 1.50. The predicted octanol–water partition coefficient (Wildman–Crippen LogP) is 2.99. The van der Waals surface area contributed by atoms with Gasteiger partial charge in [0.15, 0.2) is 18.1 Å². The molecule has 0 bridgehead atoms. The Kier molecular flexibility index (Phi) is 6.54. The summed E-state index contributed by atoms with van der Waals surface area (Å²) in [5, 5.41) is 2.52. The first-order valence-corrected chi connectivity index (χ1v) is 8.16. The van der Waals surface area contributed by atoms with E-state index in [9.17, 15) is 14.0 Å². The van der Waals surface area contributed by atoms with E-state index in [-0.39, 0.29) is 23.4 Å². The number of allylic oxidation sites excluding steroid dienone is 1. The molecule has 6 nitrogen and oxygen atoms in total. The van der Waals surface area contributed by atoms with Gasteiger partial charge in [-0.25, -0.2) is 4.39 Å². The number of ether oxygens (including phenoxy) is 2. The number of nitrogens with two attached hydrogens (primary N) is 1. The minimum atomic E-state index is -0.787. The van der Waals surface area contributed by atoms with E-state index < -0.39 is 17.6 Å². The molecule has 0 saturated carbocycles. The number of benzene rings is 2. The van der Waals surface area contributed by atoms with Crippen LogP contribution >= 0.6 is 0 Å². The second-order valence-corrected chi connectivity index (χ2v) is 5.81. The van der Waals surface area contributed by atoms with Crippen LogP contribution in [0.25, 0.3) is 0 Å². The average Bonchev–Trinajstić information content (AvgIpc) is 2.64. The zero-order valence-electron chi connectivity index (χ0n) is 15.2. The van der Waals surface area contributed by atoms with E-state index in [4.69, 9.17) is 15.2 Å².